The van der Waals surface area contributed by atoms with Crippen molar-refractivity contribution < 1.29 is 9.47 Å². The second-order valence-corrected chi connectivity index (χ2v) is 7.98. The van der Waals surface area contributed by atoms with Gasteiger partial charge in [-0.3, -0.25) is 0 Å². The molecule has 0 aromatic heterocycles. The van der Waals surface area contributed by atoms with Gasteiger partial charge in [-0.25, -0.2) is 0 Å². The highest BCUT2D eigenvalue weighted by atomic mass is 16.5. The summed E-state index contributed by atoms with van der Waals surface area (Å²) in [5.41, 5.74) is 0. The van der Waals surface area contributed by atoms with E-state index in [1.807, 2.05) is 36.4 Å². The van der Waals surface area contributed by atoms with Gasteiger partial charge in [0.05, 0.1) is 12.2 Å². The van der Waals surface area contributed by atoms with Gasteiger partial charge in [0.1, 0.15) is 11.5 Å². The first-order chi connectivity index (χ1) is 13.3. The minimum Gasteiger partial charge on any atom is -0.490 e. The van der Waals surface area contributed by atoms with E-state index in [1.165, 1.54) is 25.7 Å². The van der Waals surface area contributed by atoms with Crippen LogP contribution in [0.5, 0.6) is 11.5 Å². The van der Waals surface area contributed by atoms with Crippen LogP contribution in [0.4, 0.5) is 0 Å². The van der Waals surface area contributed by atoms with E-state index in [1.54, 1.807) is 0 Å². The Morgan fingerprint density at radius 2 is 0.889 bits per heavy atom. The Morgan fingerprint density at radius 3 is 1.26 bits per heavy atom. The van der Waals surface area contributed by atoms with E-state index in [4.69, 9.17) is 9.47 Å². The molecule has 2 aliphatic carbocycles. The molecule has 0 spiro atoms. The molecule has 2 fully saturated rings. The summed E-state index contributed by atoms with van der Waals surface area (Å²) in [7, 11) is 0. The molecule has 2 aromatic carbocycles. The van der Waals surface area contributed by atoms with Crippen LogP contribution in [0.2, 0.25) is 0 Å². The molecule has 2 aromatic rings. The van der Waals surface area contributed by atoms with Crippen LogP contribution in [0.25, 0.3) is 0 Å². The van der Waals surface area contributed by atoms with Gasteiger partial charge in [0.25, 0.3) is 0 Å². The van der Waals surface area contributed by atoms with Crippen LogP contribution < -0.4 is 14.8 Å². The summed E-state index contributed by atoms with van der Waals surface area (Å²) < 4.78 is 12.2. The Balaban J connectivity index is 1.15. The smallest absolute Gasteiger partial charge is 0.119 e. The third kappa shape index (κ3) is 5.49. The van der Waals surface area contributed by atoms with E-state index < -0.39 is 0 Å². The first kappa shape index (κ1) is 18.4. The highest BCUT2D eigenvalue weighted by Crippen LogP contribution is 2.27. The number of rotatable bonds is 6. The largest absolute Gasteiger partial charge is 0.490 e. The van der Waals surface area contributed by atoms with Crippen LogP contribution in [0.1, 0.15) is 51.4 Å². The van der Waals surface area contributed by atoms with Gasteiger partial charge in [-0.1, -0.05) is 36.4 Å². The maximum Gasteiger partial charge on any atom is 0.119 e. The van der Waals surface area contributed by atoms with Crippen LogP contribution in [-0.4, -0.2) is 24.3 Å². The summed E-state index contributed by atoms with van der Waals surface area (Å²) >= 11 is 0. The molecular weight excluding hydrogens is 334 g/mol. The molecule has 3 heteroatoms. The molecule has 0 radical (unpaired) electrons. The zero-order valence-corrected chi connectivity index (χ0v) is 16.1. The average molecular weight is 366 g/mol. The van der Waals surface area contributed by atoms with E-state index in [0.29, 0.717) is 24.3 Å². The lowest BCUT2D eigenvalue weighted by Crippen LogP contribution is -2.44. The molecule has 0 saturated heterocycles. The molecule has 4 rings (SSSR count). The second-order valence-electron chi connectivity index (χ2n) is 7.98. The molecule has 0 bridgehead atoms. The molecule has 0 heterocycles. The van der Waals surface area contributed by atoms with Crippen molar-refractivity contribution in [2.45, 2.75) is 75.7 Å². The number of ether oxygens (including phenoxy) is 2. The Hall–Kier alpha value is -2.00. The van der Waals surface area contributed by atoms with Crippen molar-refractivity contribution in [3.63, 3.8) is 0 Å². The lowest BCUT2D eigenvalue weighted by Gasteiger charge is -2.35. The molecular formula is C24H31NO2. The van der Waals surface area contributed by atoms with E-state index >= 15 is 0 Å². The van der Waals surface area contributed by atoms with Gasteiger partial charge >= 0.3 is 0 Å². The topological polar surface area (TPSA) is 30.5 Å². The molecule has 1 N–H and O–H groups in total. The predicted octanol–water partition coefficient (Wildman–Crippen LogP) is 5.36. The van der Waals surface area contributed by atoms with Gasteiger partial charge in [-0.05, 0) is 75.6 Å². The summed E-state index contributed by atoms with van der Waals surface area (Å²) in [6, 6.07) is 21.8. The summed E-state index contributed by atoms with van der Waals surface area (Å²) in [6.07, 6.45) is 10.2. The minimum absolute atomic E-state index is 0.375. The summed E-state index contributed by atoms with van der Waals surface area (Å²) in [5.74, 6) is 2.01. The van der Waals surface area contributed by atoms with Crippen LogP contribution >= 0.6 is 0 Å². The molecule has 144 valence electrons. The Morgan fingerprint density at radius 1 is 0.519 bits per heavy atom. The lowest BCUT2D eigenvalue weighted by atomic mass is 9.88. The first-order valence-electron chi connectivity index (χ1n) is 10.5. The van der Waals surface area contributed by atoms with E-state index in [-0.39, 0.29) is 0 Å². The second kappa shape index (κ2) is 9.27. The average Bonchev–Trinajstić information content (AvgIpc) is 2.73. The molecule has 0 unspecified atom stereocenters. The predicted molar refractivity (Wildman–Crippen MR) is 109 cm³/mol. The highest BCUT2D eigenvalue weighted by molar-refractivity contribution is 5.22. The summed E-state index contributed by atoms with van der Waals surface area (Å²) in [5, 5.41) is 3.92. The number of hydrogen-bond acceptors (Lipinski definition) is 3. The van der Waals surface area contributed by atoms with E-state index in [0.717, 1.165) is 37.2 Å². The van der Waals surface area contributed by atoms with Gasteiger partial charge in [-0.2, -0.15) is 0 Å². The lowest BCUT2D eigenvalue weighted by molar-refractivity contribution is 0.117. The molecule has 2 aliphatic rings. The van der Waals surface area contributed by atoms with Crippen molar-refractivity contribution in [1.82, 2.24) is 5.32 Å². The number of hydrogen-bond donors (Lipinski definition) is 1. The fraction of sp³-hybridized carbons (Fsp3) is 0.500. The van der Waals surface area contributed by atoms with Crippen LogP contribution in [0.3, 0.4) is 0 Å². The quantitative estimate of drug-likeness (QED) is 0.748. The van der Waals surface area contributed by atoms with Gasteiger partial charge in [0.2, 0.25) is 0 Å². The zero-order valence-electron chi connectivity index (χ0n) is 16.1. The van der Waals surface area contributed by atoms with E-state index in [9.17, 15) is 0 Å². The van der Waals surface area contributed by atoms with Crippen molar-refractivity contribution >= 4 is 0 Å². The van der Waals surface area contributed by atoms with Crippen molar-refractivity contribution in [3.05, 3.63) is 60.7 Å². The van der Waals surface area contributed by atoms with Gasteiger partial charge in [0.15, 0.2) is 0 Å². The monoisotopic (exact) mass is 365 g/mol. The number of benzene rings is 2. The van der Waals surface area contributed by atoms with Crippen LogP contribution in [0.15, 0.2) is 60.7 Å². The maximum absolute atomic E-state index is 6.12. The Bertz CT molecular complexity index is 600. The molecule has 27 heavy (non-hydrogen) atoms. The maximum atomic E-state index is 6.12. The van der Waals surface area contributed by atoms with Gasteiger partial charge < -0.3 is 14.8 Å². The van der Waals surface area contributed by atoms with Crippen molar-refractivity contribution in [3.8, 4) is 11.5 Å². The zero-order chi connectivity index (χ0) is 18.3. The van der Waals surface area contributed by atoms with Crippen molar-refractivity contribution in [2.75, 3.05) is 0 Å². The molecule has 3 nitrogen and oxygen atoms in total. The van der Waals surface area contributed by atoms with Crippen LogP contribution in [0, 0.1) is 0 Å². The summed E-state index contributed by atoms with van der Waals surface area (Å²) in [6.45, 7) is 0. The molecule has 2 saturated carbocycles. The van der Waals surface area contributed by atoms with Crippen LogP contribution in [-0.2, 0) is 0 Å². The SMILES string of the molecule is c1ccc(OC2CCC(NC3CCC(Oc4ccccc4)CC3)CC2)cc1. The Kier molecular flexibility index (Phi) is 6.31. The normalized spacial score (nSPS) is 28.4. The summed E-state index contributed by atoms with van der Waals surface area (Å²) in [4.78, 5) is 0. The molecule has 0 aliphatic heterocycles. The van der Waals surface area contributed by atoms with E-state index in [2.05, 4.69) is 29.6 Å². The third-order valence-electron chi connectivity index (χ3n) is 5.91. The van der Waals surface area contributed by atoms with Gasteiger partial charge in [-0.15, -0.1) is 0 Å². The van der Waals surface area contributed by atoms with Crippen molar-refractivity contribution in [2.24, 2.45) is 0 Å². The highest BCUT2D eigenvalue weighted by Gasteiger charge is 2.27. The first-order valence-corrected chi connectivity index (χ1v) is 10.5. The van der Waals surface area contributed by atoms with Gasteiger partial charge in [0, 0.05) is 12.1 Å². The third-order valence-corrected chi connectivity index (χ3v) is 5.91. The molecule has 0 amide bonds. The Labute approximate surface area is 163 Å². The fourth-order valence-corrected chi connectivity index (χ4v) is 4.41. The fourth-order valence-electron chi connectivity index (χ4n) is 4.41. The minimum atomic E-state index is 0.375. The standard InChI is InChI=1S/C24H31NO2/c1-3-7-21(8-4-1)26-23-15-11-19(12-16-23)25-20-13-17-24(18-14-20)27-22-9-5-2-6-10-22/h1-10,19-20,23-25H,11-18H2. The van der Waals surface area contributed by atoms with Crippen molar-refractivity contribution in [1.29, 1.82) is 0 Å². The number of nitrogens with one attached hydrogen (secondary N) is 1. The molecule has 0 atom stereocenters. The number of para-hydroxylation sites is 2.